The number of anilines is 1. The summed E-state index contributed by atoms with van der Waals surface area (Å²) in [6, 6.07) is 3.35. The van der Waals surface area contributed by atoms with Crippen molar-refractivity contribution in [3.8, 4) is 0 Å². The number of benzene rings is 1. The summed E-state index contributed by atoms with van der Waals surface area (Å²) in [5.74, 6) is -1.01. The molecule has 0 atom stereocenters. The Kier molecular flexibility index (Phi) is 3.93. The van der Waals surface area contributed by atoms with Gasteiger partial charge in [0, 0.05) is 43.4 Å². The van der Waals surface area contributed by atoms with Gasteiger partial charge in [0.1, 0.15) is 5.82 Å². The van der Waals surface area contributed by atoms with Crippen molar-refractivity contribution < 1.29 is 17.6 Å². The Morgan fingerprint density at radius 2 is 2.04 bits per heavy atom. The van der Waals surface area contributed by atoms with Crippen LogP contribution >= 0.6 is 0 Å². The minimum Gasteiger partial charge on any atom is -0.368 e. The molecule has 0 fully saturated rings. The number of alkyl halides is 3. The zero-order valence-electron chi connectivity index (χ0n) is 12.1. The fourth-order valence-corrected chi connectivity index (χ4v) is 2.69. The number of hydrogen-bond donors (Lipinski definition) is 1. The largest absolute Gasteiger partial charge is 0.419 e. The van der Waals surface area contributed by atoms with Gasteiger partial charge in [0.2, 0.25) is 5.95 Å². The molecule has 2 N–H and O–H groups in total. The van der Waals surface area contributed by atoms with Crippen molar-refractivity contribution in [1.82, 2.24) is 14.9 Å². The molecule has 0 saturated heterocycles. The van der Waals surface area contributed by atoms with Crippen molar-refractivity contribution in [2.75, 3.05) is 12.3 Å². The lowest BCUT2D eigenvalue weighted by Gasteiger charge is -2.28. The Bertz CT molecular complexity index is 730. The first-order chi connectivity index (χ1) is 10.8. The SMILES string of the molecule is Nc1ncc2c(n1)CCN(Cc1cccc(C(F)(F)F)c1F)C2. The van der Waals surface area contributed by atoms with E-state index in [-0.39, 0.29) is 18.1 Å². The van der Waals surface area contributed by atoms with Crippen LogP contribution in [0.3, 0.4) is 0 Å². The van der Waals surface area contributed by atoms with E-state index < -0.39 is 17.6 Å². The summed E-state index contributed by atoms with van der Waals surface area (Å²) in [6.07, 6.45) is -2.49. The summed E-state index contributed by atoms with van der Waals surface area (Å²) in [5.41, 5.74) is 6.01. The molecule has 4 nitrogen and oxygen atoms in total. The van der Waals surface area contributed by atoms with Gasteiger partial charge in [0.15, 0.2) is 0 Å². The third-order valence-corrected chi connectivity index (χ3v) is 3.81. The zero-order valence-corrected chi connectivity index (χ0v) is 12.1. The third kappa shape index (κ3) is 3.26. The van der Waals surface area contributed by atoms with Crippen molar-refractivity contribution in [3.63, 3.8) is 0 Å². The maximum absolute atomic E-state index is 14.1. The molecule has 1 aliphatic rings. The topological polar surface area (TPSA) is 55.0 Å². The first-order valence-electron chi connectivity index (χ1n) is 7.02. The van der Waals surface area contributed by atoms with Gasteiger partial charge in [-0.2, -0.15) is 13.2 Å². The van der Waals surface area contributed by atoms with E-state index >= 15 is 0 Å². The lowest BCUT2D eigenvalue weighted by atomic mass is 10.0. The zero-order chi connectivity index (χ0) is 16.6. The molecule has 0 bridgehead atoms. The van der Waals surface area contributed by atoms with E-state index in [2.05, 4.69) is 9.97 Å². The van der Waals surface area contributed by atoms with E-state index in [0.717, 1.165) is 17.3 Å². The molecule has 3 rings (SSSR count). The normalized spacial score (nSPS) is 15.5. The van der Waals surface area contributed by atoms with Crippen LogP contribution < -0.4 is 5.73 Å². The van der Waals surface area contributed by atoms with Crippen molar-refractivity contribution >= 4 is 5.95 Å². The molecule has 1 aliphatic heterocycles. The second-order valence-electron chi connectivity index (χ2n) is 5.44. The first-order valence-corrected chi connectivity index (χ1v) is 7.02. The fourth-order valence-electron chi connectivity index (χ4n) is 2.69. The van der Waals surface area contributed by atoms with Gasteiger partial charge in [-0.25, -0.2) is 14.4 Å². The van der Waals surface area contributed by atoms with Crippen LogP contribution in [0.15, 0.2) is 24.4 Å². The fraction of sp³-hybridized carbons (Fsp3) is 0.333. The molecular weight excluding hydrogens is 312 g/mol. The average Bonchev–Trinajstić information content (AvgIpc) is 2.48. The molecule has 122 valence electrons. The van der Waals surface area contributed by atoms with Gasteiger partial charge in [-0.3, -0.25) is 4.90 Å². The van der Waals surface area contributed by atoms with Crippen LogP contribution in [0.25, 0.3) is 0 Å². The highest BCUT2D eigenvalue weighted by atomic mass is 19.4. The number of fused-ring (bicyclic) bond motifs is 1. The second kappa shape index (κ2) is 5.77. The number of nitrogens with zero attached hydrogens (tertiary/aromatic N) is 3. The monoisotopic (exact) mass is 326 g/mol. The Labute approximate surface area is 130 Å². The van der Waals surface area contributed by atoms with Crippen molar-refractivity contribution in [2.24, 2.45) is 0 Å². The van der Waals surface area contributed by atoms with Crippen LogP contribution in [0.2, 0.25) is 0 Å². The van der Waals surface area contributed by atoms with Crippen LogP contribution in [-0.2, 0) is 25.7 Å². The van der Waals surface area contributed by atoms with E-state index in [4.69, 9.17) is 5.73 Å². The average molecular weight is 326 g/mol. The molecule has 0 saturated carbocycles. The quantitative estimate of drug-likeness (QED) is 0.862. The predicted octanol–water partition coefficient (Wildman–Crippen LogP) is 2.78. The molecule has 0 spiro atoms. The van der Waals surface area contributed by atoms with Gasteiger partial charge in [-0.15, -0.1) is 0 Å². The molecule has 0 unspecified atom stereocenters. The second-order valence-corrected chi connectivity index (χ2v) is 5.44. The molecule has 23 heavy (non-hydrogen) atoms. The van der Waals surface area contributed by atoms with E-state index in [1.807, 2.05) is 4.90 Å². The lowest BCUT2D eigenvalue weighted by molar-refractivity contribution is -0.140. The number of nitrogens with two attached hydrogens (primary N) is 1. The number of hydrogen-bond acceptors (Lipinski definition) is 4. The summed E-state index contributed by atoms with van der Waals surface area (Å²) in [5, 5.41) is 0. The third-order valence-electron chi connectivity index (χ3n) is 3.81. The van der Waals surface area contributed by atoms with Crippen molar-refractivity contribution in [3.05, 3.63) is 52.6 Å². The maximum atomic E-state index is 14.1. The Balaban J connectivity index is 1.80. The summed E-state index contributed by atoms with van der Waals surface area (Å²) in [7, 11) is 0. The first kappa shape index (κ1) is 15.7. The number of nitrogen functional groups attached to an aromatic ring is 1. The molecule has 0 aliphatic carbocycles. The summed E-state index contributed by atoms with van der Waals surface area (Å²) >= 11 is 0. The van der Waals surface area contributed by atoms with Gasteiger partial charge in [0.05, 0.1) is 11.3 Å². The van der Waals surface area contributed by atoms with E-state index in [9.17, 15) is 17.6 Å². The van der Waals surface area contributed by atoms with Crippen LogP contribution in [0.5, 0.6) is 0 Å². The number of halogens is 4. The summed E-state index contributed by atoms with van der Waals surface area (Å²) in [4.78, 5) is 9.91. The molecule has 8 heteroatoms. The Morgan fingerprint density at radius 3 is 2.78 bits per heavy atom. The minimum atomic E-state index is -4.69. The van der Waals surface area contributed by atoms with Crippen molar-refractivity contribution in [1.29, 1.82) is 0 Å². The smallest absolute Gasteiger partial charge is 0.368 e. The summed E-state index contributed by atoms with van der Waals surface area (Å²) in [6.45, 7) is 1.12. The van der Waals surface area contributed by atoms with Crippen LogP contribution in [0, 0.1) is 5.82 Å². The van der Waals surface area contributed by atoms with Gasteiger partial charge in [-0.1, -0.05) is 12.1 Å². The molecule has 2 heterocycles. The van der Waals surface area contributed by atoms with E-state index in [0.29, 0.717) is 19.5 Å². The van der Waals surface area contributed by atoms with E-state index in [1.165, 1.54) is 12.1 Å². The summed E-state index contributed by atoms with van der Waals surface area (Å²) < 4.78 is 52.4. The van der Waals surface area contributed by atoms with Gasteiger partial charge in [-0.05, 0) is 6.07 Å². The Hall–Kier alpha value is -2.22. The van der Waals surface area contributed by atoms with Gasteiger partial charge >= 0.3 is 6.18 Å². The van der Waals surface area contributed by atoms with Crippen LogP contribution in [0.4, 0.5) is 23.5 Å². The number of rotatable bonds is 2. The molecule has 2 aromatic rings. The maximum Gasteiger partial charge on any atom is 0.419 e. The molecule has 0 amide bonds. The molecule has 1 aromatic heterocycles. The number of aromatic nitrogens is 2. The molecule has 1 aromatic carbocycles. The minimum absolute atomic E-state index is 0.0274. The van der Waals surface area contributed by atoms with Gasteiger partial charge in [0.25, 0.3) is 0 Å². The van der Waals surface area contributed by atoms with Crippen LogP contribution in [0.1, 0.15) is 22.4 Å². The molecule has 0 radical (unpaired) electrons. The van der Waals surface area contributed by atoms with Crippen molar-refractivity contribution in [2.45, 2.75) is 25.7 Å². The van der Waals surface area contributed by atoms with E-state index in [1.54, 1.807) is 6.20 Å². The Morgan fingerprint density at radius 1 is 1.26 bits per heavy atom. The predicted molar refractivity (Wildman–Crippen MR) is 75.7 cm³/mol. The standard InChI is InChI=1S/C15H14F4N4/c16-13-9(2-1-3-11(13)15(17,18)19)7-23-5-4-12-10(8-23)6-21-14(20)22-12/h1-3,6H,4-5,7-8H2,(H2,20,21,22). The highest BCUT2D eigenvalue weighted by Crippen LogP contribution is 2.33. The highest BCUT2D eigenvalue weighted by Gasteiger charge is 2.35. The lowest BCUT2D eigenvalue weighted by Crippen LogP contribution is -2.31. The van der Waals surface area contributed by atoms with Gasteiger partial charge < -0.3 is 5.73 Å². The molecular formula is C15H14F4N4. The highest BCUT2D eigenvalue weighted by molar-refractivity contribution is 5.30. The van der Waals surface area contributed by atoms with Crippen LogP contribution in [-0.4, -0.2) is 21.4 Å².